The van der Waals surface area contributed by atoms with Crippen molar-refractivity contribution < 1.29 is 13.7 Å². The lowest BCUT2D eigenvalue weighted by molar-refractivity contribution is 0.386. The summed E-state index contributed by atoms with van der Waals surface area (Å²) in [6.45, 7) is 0. The third kappa shape index (κ3) is 2.43. The van der Waals surface area contributed by atoms with Gasteiger partial charge in [-0.15, -0.1) is 0 Å². The largest absolute Gasteiger partial charge is 0.494 e. The van der Waals surface area contributed by atoms with E-state index < -0.39 is 5.82 Å². The van der Waals surface area contributed by atoms with Crippen molar-refractivity contribution in [2.24, 2.45) is 0 Å². The van der Waals surface area contributed by atoms with Crippen LogP contribution in [0.4, 0.5) is 10.1 Å². The lowest BCUT2D eigenvalue weighted by atomic mass is 10.1. The second-order valence-corrected chi connectivity index (χ2v) is 4.36. The topological polar surface area (TPSA) is 74.2 Å². The predicted octanol–water partition coefficient (Wildman–Crippen LogP) is 3.13. The standard InChI is InChI=1S/C15H12FN3O2/c1-20-13-8-9(6-7-11(13)16)15-18-14(19-21-15)10-4-2-3-5-12(10)17/h2-8H,17H2,1H3. The second-order valence-electron chi connectivity index (χ2n) is 4.36. The smallest absolute Gasteiger partial charge is 0.258 e. The number of para-hydroxylation sites is 1. The number of nitrogen functional groups attached to an aromatic ring is 1. The van der Waals surface area contributed by atoms with Gasteiger partial charge in [0.2, 0.25) is 5.82 Å². The molecule has 2 aromatic carbocycles. The van der Waals surface area contributed by atoms with Gasteiger partial charge in [0.15, 0.2) is 11.6 Å². The molecular formula is C15H12FN3O2. The molecule has 1 heterocycles. The van der Waals surface area contributed by atoms with E-state index in [0.717, 1.165) is 0 Å². The average molecular weight is 285 g/mol. The summed E-state index contributed by atoms with van der Waals surface area (Å²) in [7, 11) is 1.39. The van der Waals surface area contributed by atoms with E-state index in [0.29, 0.717) is 22.6 Å². The van der Waals surface area contributed by atoms with Crippen molar-refractivity contribution in [3.8, 4) is 28.6 Å². The van der Waals surface area contributed by atoms with Crippen LogP contribution in [-0.4, -0.2) is 17.3 Å². The summed E-state index contributed by atoms with van der Waals surface area (Å²) >= 11 is 0. The molecule has 3 aromatic rings. The van der Waals surface area contributed by atoms with E-state index in [1.807, 2.05) is 12.1 Å². The lowest BCUT2D eigenvalue weighted by Crippen LogP contribution is -1.91. The normalized spacial score (nSPS) is 10.6. The molecule has 0 unspecified atom stereocenters. The fraction of sp³-hybridized carbons (Fsp3) is 0.0667. The van der Waals surface area contributed by atoms with E-state index in [-0.39, 0.29) is 11.6 Å². The van der Waals surface area contributed by atoms with Gasteiger partial charge < -0.3 is 15.0 Å². The second kappa shape index (κ2) is 5.24. The molecule has 0 spiro atoms. The van der Waals surface area contributed by atoms with E-state index in [9.17, 15) is 4.39 Å². The van der Waals surface area contributed by atoms with Crippen LogP contribution in [0.1, 0.15) is 0 Å². The third-order valence-corrected chi connectivity index (χ3v) is 3.03. The van der Waals surface area contributed by atoms with Crippen molar-refractivity contribution in [1.82, 2.24) is 10.1 Å². The van der Waals surface area contributed by atoms with Gasteiger partial charge in [-0.2, -0.15) is 4.98 Å². The van der Waals surface area contributed by atoms with Gasteiger partial charge in [0.05, 0.1) is 7.11 Å². The summed E-state index contributed by atoms with van der Waals surface area (Å²) in [5, 5.41) is 3.90. The summed E-state index contributed by atoms with van der Waals surface area (Å²) in [5.74, 6) is 0.317. The number of benzene rings is 2. The molecule has 0 aliphatic heterocycles. The van der Waals surface area contributed by atoms with E-state index in [4.69, 9.17) is 15.0 Å². The van der Waals surface area contributed by atoms with Gasteiger partial charge in [0.1, 0.15) is 0 Å². The number of hydrogen-bond acceptors (Lipinski definition) is 5. The Balaban J connectivity index is 2.01. The average Bonchev–Trinajstić information content (AvgIpc) is 2.98. The van der Waals surface area contributed by atoms with Crippen LogP contribution < -0.4 is 10.5 Å². The zero-order chi connectivity index (χ0) is 14.8. The maximum absolute atomic E-state index is 13.4. The van der Waals surface area contributed by atoms with Gasteiger partial charge in [-0.3, -0.25) is 0 Å². The Bertz CT molecular complexity index is 786. The molecular weight excluding hydrogens is 273 g/mol. The molecule has 0 atom stereocenters. The molecule has 21 heavy (non-hydrogen) atoms. The molecule has 0 radical (unpaired) electrons. The zero-order valence-electron chi connectivity index (χ0n) is 11.2. The van der Waals surface area contributed by atoms with Crippen LogP contribution in [0.5, 0.6) is 5.75 Å². The van der Waals surface area contributed by atoms with Crippen LogP contribution in [0.15, 0.2) is 47.0 Å². The summed E-state index contributed by atoms with van der Waals surface area (Å²) in [4.78, 5) is 4.28. The van der Waals surface area contributed by atoms with E-state index >= 15 is 0 Å². The zero-order valence-corrected chi connectivity index (χ0v) is 11.2. The minimum atomic E-state index is -0.451. The van der Waals surface area contributed by atoms with Crippen LogP contribution in [0.2, 0.25) is 0 Å². The van der Waals surface area contributed by atoms with Gasteiger partial charge >= 0.3 is 0 Å². The highest BCUT2D eigenvalue weighted by atomic mass is 19.1. The molecule has 0 saturated heterocycles. The van der Waals surface area contributed by atoms with Crippen LogP contribution in [-0.2, 0) is 0 Å². The maximum Gasteiger partial charge on any atom is 0.258 e. The number of nitrogens with two attached hydrogens (primary N) is 1. The summed E-state index contributed by atoms with van der Waals surface area (Å²) in [6.07, 6.45) is 0. The minimum absolute atomic E-state index is 0.117. The van der Waals surface area contributed by atoms with Crippen molar-refractivity contribution in [3.63, 3.8) is 0 Å². The van der Waals surface area contributed by atoms with Crippen molar-refractivity contribution in [3.05, 3.63) is 48.3 Å². The maximum atomic E-state index is 13.4. The first kappa shape index (κ1) is 13.1. The molecule has 0 saturated carbocycles. The van der Waals surface area contributed by atoms with E-state index in [2.05, 4.69) is 10.1 Å². The molecule has 0 aliphatic carbocycles. The first-order valence-corrected chi connectivity index (χ1v) is 6.21. The van der Waals surface area contributed by atoms with Crippen molar-refractivity contribution in [1.29, 1.82) is 0 Å². The van der Waals surface area contributed by atoms with Gasteiger partial charge in [-0.1, -0.05) is 17.3 Å². The molecule has 0 fully saturated rings. The summed E-state index contributed by atoms with van der Waals surface area (Å²) < 4.78 is 23.5. The number of rotatable bonds is 3. The number of halogens is 1. The number of ether oxygens (including phenoxy) is 1. The molecule has 1 aromatic heterocycles. The molecule has 0 aliphatic rings. The molecule has 3 rings (SSSR count). The SMILES string of the molecule is COc1cc(-c2nc(-c3ccccc3N)no2)ccc1F. The van der Waals surface area contributed by atoms with Gasteiger partial charge in [-0.05, 0) is 30.3 Å². The van der Waals surface area contributed by atoms with Crippen LogP contribution >= 0.6 is 0 Å². The van der Waals surface area contributed by atoms with Gasteiger partial charge in [-0.25, -0.2) is 4.39 Å². The monoisotopic (exact) mass is 285 g/mol. The fourth-order valence-electron chi connectivity index (χ4n) is 1.94. The third-order valence-electron chi connectivity index (χ3n) is 3.03. The number of methoxy groups -OCH3 is 1. The van der Waals surface area contributed by atoms with Gasteiger partial charge in [0, 0.05) is 16.8 Å². The summed E-state index contributed by atoms with van der Waals surface area (Å²) in [5.41, 5.74) is 7.68. The van der Waals surface area contributed by atoms with Crippen LogP contribution in [0.25, 0.3) is 22.8 Å². The van der Waals surface area contributed by atoms with Crippen LogP contribution in [0, 0.1) is 5.82 Å². The number of nitrogens with zero attached hydrogens (tertiary/aromatic N) is 2. The first-order valence-electron chi connectivity index (χ1n) is 6.21. The van der Waals surface area contributed by atoms with Crippen LogP contribution in [0.3, 0.4) is 0 Å². The number of hydrogen-bond donors (Lipinski definition) is 1. The van der Waals surface area contributed by atoms with E-state index in [1.54, 1.807) is 18.2 Å². The van der Waals surface area contributed by atoms with Crippen molar-refractivity contribution in [2.75, 3.05) is 12.8 Å². The quantitative estimate of drug-likeness (QED) is 0.748. The van der Waals surface area contributed by atoms with E-state index in [1.165, 1.54) is 19.2 Å². The lowest BCUT2D eigenvalue weighted by Gasteiger charge is -2.02. The van der Waals surface area contributed by atoms with Gasteiger partial charge in [0.25, 0.3) is 5.89 Å². The first-order chi connectivity index (χ1) is 10.2. The highest BCUT2D eigenvalue weighted by molar-refractivity contribution is 5.72. The highest BCUT2D eigenvalue weighted by Gasteiger charge is 2.14. The number of anilines is 1. The van der Waals surface area contributed by atoms with Crippen molar-refractivity contribution >= 4 is 5.69 Å². The summed E-state index contributed by atoms with van der Waals surface area (Å²) in [6, 6.07) is 11.5. The minimum Gasteiger partial charge on any atom is -0.494 e. The highest BCUT2D eigenvalue weighted by Crippen LogP contribution is 2.28. The van der Waals surface area contributed by atoms with Crippen molar-refractivity contribution in [2.45, 2.75) is 0 Å². The Morgan fingerprint density at radius 2 is 2.00 bits per heavy atom. The molecule has 5 nitrogen and oxygen atoms in total. The molecule has 0 amide bonds. The molecule has 0 bridgehead atoms. The fourth-order valence-corrected chi connectivity index (χ4v) is 1.94. The Labute approximate surface area is 120 Å². The molecule has 106 valence electrons. The Hall–Kier alpha value is -2.89. The predicted molar refractivity (Wildman–Crippen MR) is 76.1 cm³/mol. The molecule has 2 N–H and O–H groups in total. The molecule has 6 heteroatoms. The Kier molecular flexibility index (Phi) is 3.27. The Morgan fingerprint density at radius 3 is 2.76 bits per heavy atom. The Morgan fingerprint density at radius 1 is 1.19 bits per heavy atom. The number of aromatic nitrogens is 2.